The molecule has 0 spiro atoms. The summed E-state index contributed by atoms with van der Waals surface area (Å²) in [7, 11) is 2.06. The summed E-state index contributed by atoms with van der Waals surface area (Å²) in [6, 6.07) is 5.48. The Morgan fingerprint density at radius 3 is 2.59 bits per heavy atom. The van der Waals surface area contributed by atoms with E-state index in [2.05, 4.69) is 11.8 Å². The predicted molar refractivity (Wildman–Crippen MR) is 69.4 cm³/mol. The fourth-order valence-electron chi connectivity index (χ4n) is 1.86. The predicted octanol–water partition coefficient (Wildman–Crippen LogP) is 0.217. The van der Waals surface area contributed by atoms with Crippen molar-refractivity contribution >= 4 is 12.6 Å². The average Bonchev–Trinajstić information content (AvgIpc) is 2.29. The fraction of sp³-hybridized carbons (Fsp3) is 0.500. The smallest absolute Gasteiger partial charge is 0.492 e. The van der Waals surface area contributed by atoms with Crippen LogP contribution in [-0.2, 0) is 6.54 Å². The fourth-order valence-corrected chi connectivity index (χ4v) is 1.86. The van der Waals surface area contributed by atoms with Gasteiger partial charge in [0.25, 0.3) is 0 Å². The summed E-state index contributed by atoms with van der Waals surface area (Å²) in [5.74, 6) is 0.502. The summed E-state index contributed by atoms with van der Waals surface area (Å²) in [6.07, 6.45) is 1.10. The van der Waals surface area contributed by atoms with E-state index in [4.69, 9.17) is 4.74 Å². The van der Waals surface area contributed by atoms with Crippen molar-refractivity contribution in [3.8, 4) is 5.75 Å². The van der Waals surface area contributed by atoms with Gasteiger partial charge < -0.3 is 19.7 Å². The number of methoxy groups -OCH3 is 1. The van der Waals surface area contributed by atoms with Crippen molar-refractivity contribution in [3.63, 3.8) is 0 Å². The second-order valence-corrected chi connectivity index (χ2v) is 4.19. The van der Waals surface area contributed by atoms with Crippen molar-refractivity contribution in [1.82, 2.24) is 4.90 Å². The van der Waals surface area contributed by atoms with Crippen LogP contribution < -0.4 is 10.2 Å². The molecule has 0 bridgehead atoms. The average molecular weight is 237 g/mol. The van der Waals surface area contributed by atoms with Crippen LogP contribution in [0.3, 0.4) is 0 Å². The molecule has 1 rings (SSSR count). The Labute approximate surface area is 103 Å². The normalized spacial score (nSPS) is 10.7. The molecule has 0 aliphatic rings. The van der Waals surface area contributed by atoms with Crippen molar-refractivity contribution in [1.29, 1.82) is 0 Å². The second kappa shape index (κ2) is 6.64. The maximum absolute atomic E-state index is 9.26. The molecule has 0 atom stereocenters. The molecule has 0 aliphatic carbocycles. The summed E-state index contributed by atoms with van der Waals surface area (Å²) in [6.45, 7) is 3.94. The first kappa shape index (κ1) is 14.0. The quantitative estimate of drug-likeness (QED) is 0.695. The van der Waals surface area contributed by atoms with Gasteiger partial charge >= 0.3 is 7.12 Å². The molecule has 17 heavy (non-hydrogen) atoms. The lowest BCUT2D eigenvalue weighted by Crippen LogP contribution is -2.32. The molecule has 0 aromatic heterocycles. The molecular weight excluding hydrogens is 217 g/mol. The lowest BCUT2D eigenvalue weighted by Gasteiger charge is -2.17. The van der Waals surface area contributed by atoms with Crippen LogP contribution in [-0.4, -0.2) is 42.8 Å². The Balaban J connectivity index is 2.84. The lowest BCUT2D eigenvalue weighted by molar-refractivity contribution is 0.327. The molecule has 1 aromatic carbocycles. The molecule has 0 aliphatic heterocycles. The standard InChI is InChI=1S/C12H20BNO3/c1-4-7-14(2)9-10-5-6-12(17-3)11(8-10)13(15)16/h5-6,8,15-16H,4,7,9H2,1-3H3. The van der Waals surface area contributed by atoms with Gasteiger partial charge in [0, 0.05) is 12.0 Å². The first-order valence-electron chi connectivity index (χ1n) is 5.80. The molecule has 2 N–H and O–H groups in total. The Hall–Kier alpha value is -1.04. The molecule has 94 valence electrons. The highest BCUT2D eigenvalue weighted by atomic mass is 16.5. The van der Waals surface area contributed by atoms with Gasteiger partial charge in [0.05, 0.1) is 7.11 Å². The Morgan fingerprint density at radius 1 is 1.35 bits per heavy atom. The zero-order valence-corrected chi connectivity index (χ0v) is 10.7. The number of benzene rings is 1. The molecule has 0 saturated carbocycles. The van der Waals surface area contributed by atoms with Crippen LogP contribution >= 0.6 is 0 Å². The van der Waals surface area contributed by atoms with Gasteiger partial charge in [0.15, 0.2) is 0 Å². The minimum atomic E-state index is -1.50. The third-order valence-corrected chi connectivity index (χ3v) is 2.63. The number of rotatable bonds is 6. The van der Waals surface area contributed by atoms with Crippen molar-refractivity contribution in [2.45, 2.75) is 19.9 Å². The minimum absolute atomic E-state index is 0.412. The van der Waals surface area contributed by atoms with Crippen LogP contribution in [0.1, 0.15) is 18.9 Å². The first-order valence-corrected chi connectivity index (χ1v) is 5.80. The minimum Gasteiger partial charge on any atom is -0.497 e. The van der Waals surface area contributed by atoms with Crippen molar-refractivity contribution in [3.05, 3.63) is 23.8 Å². The molecule has 0 amide bonds. The highest BCUT2D eigenvalue weighted by molar-refractivity contribution is 6.59. The van der Waals surface area contributed by atoms with Crippen LogP contribution in [0, 0.1) is 0 Å². The van der Waals surface area contributed by atoms with Crippen molar-refractivity contribution < 1.29 is 14.8 Å². The maximum Gasteiger partial charge on any atom is 0.492 e. The number of hydrogen-bond donors (Lipinski definition) is 2. The number of hydrogen-bond acceptors (Lipinski definition) is 4. The van der Waals surface area contributed by atoms with Gasteiger partial charge in [0.1, 0.15) is 5.75 Å². The van der Waals surface area contributed by atoms with Crippen LogP contribution in [0.5, 0.6) is 5.75 Å². The van der Waals surface area contributed by atoms with E-state index in [0.29, 0.717) is 11.2 Å². The van der Waals surface area contributed by atoms with E-state index in [1.54, 1.807) is 12.1 Å². The number of ether oxygens (including phenoxy) is 1. The molecule has 0 radical (unpaired) electrons. The molecule has 0 fully saturated rings. The largest absolute Gasteiger partial charge is 0.497 e. The summed E-state index contributed by atoms with van der Waals surface area (Å²) in [5, 5.41) is 18.5. The first-order chi connectivity index (χ1) is 8.08. The summed E-state index contributed by atoms with van der Waals surface area (Å²) >= 11 is 0. The molecular formula is C12H20BNO3. The third kappa shape index (κ3) is 4.04. The van der Waals surface area contributed by atoms with Crippen LogP contribution in [0.15, 0.2) is 18.2 Å². The van der Waals surface area contributed by atoms with E-state index in [1.165, 1.54) is 7.11 Å². The van der Waals surface area contributed by atoms with E-state index >= 15 is 0 Å². The van der Waals surface area contributed by atoms with Gasteiger partial charge in [-0.1, -0.05) is 19.1 Å². The van der Waals surface area contributed by atoms with E-state index in [0.717, 1.165) is 25.1 Å². The van der Waals surface area contributed by atoms with Crippen molar-refractivity contribution in [2.24, 2.45) is 0 Å². The summed E-state index contributed by atoms with van der Waals surface area (Å²) in [5.41, 5.74) is 1.46. The van der Waals surface area contributed by atoms with Gasteiger partial charge in [-0.3, -0.25) is 0 Å². The van der Waals surface area contributed by atoms with E-state index in [1.807, 2.05) is 13.1 Å². The second-order valence-electron chi connectivity index (χ2n) is 4.19. The van der Waals surface area contributed by atoms with Gasteiger partial charge in [-0.25, -0.2) is 0 Å². The topological polar surface area (TPSA) is 52.9 Å². The molecule has 0 saturated heterocycles. The third-order valence-electron chi connectivity index (χ3n) is 2.63. The highest BCUT2D eigenvalue weighted by Gasteiger charge is 2.17. The maximum atomic E-state index is 9.26. The Morgan fingerprint density at radius 2 is 2.06 bits per heavy atom. The zero-order valence-electron chi connectivity index (χ0n) is 10.7. The highest BCUT2D eigenvalue weighted by Crippen LogP contribution is 2.11. The SMILES string of the molecule is CCCN(C)Cc1ccc(OC)c(B(O)O)c1. The molecule has 4 nitrogen and oxygen atoms in total. The Kier molecular flexibility index (Phi) is 5.48. The lowest BCUT2D eigenvalue weighted by atomic mass is 9.78. The van der Waals surface area contributed by atoms with Gasteiger partial charge in [-0.2, -0.15) is 0 Å². The van der Waals surface area contributed by atoms with Crippen LogP contribution in [0.4, 0.5) is 0 Å². The van der Waals surface area contributed by atoms with Crippen LogP contribution in [0.25, 0.3) is 0 Å². The monoisotopic (exact) mass is 237 g/mol. The van der Waals surface area contributed by atoms with Gasteiger partial charge in [0.2, 0.25) is 0 Å². The van der Waals surface area contributed by atoms with E-state index in [-0.39, 0.29) is 0 Å². The molecule has 0 unspecified atom stereocenters. The van der Waals surface area contributed by atoms with Gasteiger partial charge in [-0.05, 0) is 31.6 Å². The zero-order chi connectivity index (χ0) is 12.8. The van der Waals surface area contributed by atoms with Crippen molar-refractivity contribution in [2.75, 3.05) is 20.7 Å². The summed E-state index contributed by atoms with van der Waals surface area (Å²) in [4.78, 5) is 2.19. The van der Waals surface area contributed by atoms with E-state index in [9.17, 15) is 10.0 Å². The van der Waals surface area contributed by atoms with Gasteiger partial charge in [-0.15, -0.1) is 0 Å². The summed E-state index contributed by atoms with van der Waals surface area (Å²) < 4.78 is 5.08. The molecule has 0 heterocycles. The molecule has 1 aromatic rings. The van der Waals surface area contributed by atoms with E-state index < -0.39 is 7.12 Å². The number of nitrogens with zero attached hydrogens (tertiary/aromatic N) is 1. The Bertz CT molecular complexity index is 358. The molecule has 5 heteroatoms. The van der Waals surface area contributed by atoms with Crippen LogP contribution in [0.2, 0.25) is 0 Å².